The Kier molecular flexibility index (Phi) is 14.6. The number of alkyl carbamates (subject to hydrolysis) is 1. The van der Waals surface area contributed by atoms with Gasteiger partial charge in [0.1, 0.15) is 23.4 Å². The minimum absolute atomic E-state index is 0. The predicted molar refractivity (Wildman–Crippen MR) is 161 cm³/mol. The largest absolute Gasteiger partial charge is 0.444 e. The summed E-state index contributed by atoms with van der Waals surface area (Å²) >= 11 is 0. The first kappa shape index (κ1) is 35.7. The summed E-state index contributed by atoms with van der Waals surface area (Å²) in [5, 5.41) is 16.0. The van der Waals surface area contributed by atoms with Gasteiger partial charge in [0.15, 0.2) is 0 Å². The van der Waals surface area contributed by atoms with Gasteiger partial charge in [-0.2, -0.15) is 0 Å². The first-order valence-electron chi connectivity index (χ1n) is 14.0. The quantitative estimate of drug-likeness (QED) is 0.108. The molecule has 1 fully saturated rings. The number of amides is 4. The van der Waals surface area contributed by atoms with Crippen molar-refractivity contribution < 1.29 is 23.9 Å². The van der Waals surface area contributed by atoms with Crippen molar-refractivity contribution in [1.29, 1.82) is 5.41 Å². The summed E-state index contributed by atoms with van der Waals surface area (Å²) in [4.78, 5) is 53.1. The lowest BCUT2D eigenvalue weighted by atomic mass is 9.83. The molecule has 0 spiro atoms. The van der Waals surface area contributed by atoms with E-state index in [0.29, 0.717) is 25.1 Å². The van der Waals surface area contributed by atoms with Gasteiger partial charge in [0.05, 0.1) is 0 Å². The molecule has 2 atom stereocenters. The van der Waals surface area contributed by atoms with Crippen molar-refractivity contribution >= 4 is 42.1 Å². The topological polar surface area (TPSA) is 167 Å². The number of nitrogens with two attached hydrogens (primary N) is 1. The van der Waals surface area contributed by atoms with E-state index in [1.54, 1.807) is 59.1 Å². The lowest BCUT2D eigenvalue weighted by molar-refractivity contribution is -0.142. The number of ether oxygens (including phenoxy) is 1. The van der Waals surface area contributed by atoms with Gasteiger partial charge in [-0.25, -0.2) is 4.79 Å². The molecule has 0 saturated heterocycles. The number of hydrogen-bond acceptors (Lipinski definition) is 6. The average molecular weight is 595 g/mol. The van der Waals surface area contributed by atoms with Crippen LogP contribution < -0.4 is 21.7 Å². The third kappa shape index (κ3) is 12.4. The standard InChI is InChI=1S/C29H46N6O5.ClH/c1-29(2,3)40-28(39)33-17-9-16-32-26(37)23(20-10-7-6-8-11-20)34-25(36)22(27(38)35(4)5)18-19-12-14-21(15-13-19)24(30)31;/h12-15,20,22-23H,6-11,16-18H2,1-5H3,(H3,30,31)(H,32,37)(H,33,39)(H,34,36);1H/t22?,23-;/m0./s1. The molecule has 0 aromatic heterocycles. The van der Waals surface area contributed by atoms with Crippen LogP contribution in [0.5, 0.6) is 0 Å². The van der Waals surface area contributed by atoms with Gasteiger partial charge < -0.3 is 31.3 Å². The monoisotopic (exact) mass is 594 g/mol. The Morgan fingerprint density at radius 2 is 1.59 bits per heavy atom. The van der Waals surface area contributed by atoms with Crippen molar-refractivity contribution in [3.8, 4) is 0 Å². The number of amidine groups is 1. The molecular weight excluding hydrogens is 548 g/mol. The van der Waals surface area contributed by atoms with Gasteiger partial charge in [0.25, 0.3) is 0 Å². The van der Waals surface area contributed by atoms with Crippen LogP contribution in [0.25, 0.3) is 0 Å². The maximum absolute atomic E-state index is 13.5. The zero-order valence-electron chi connectivity index (χ0n) is 24.9. The molecule has 1 unspecified atom stereocenters. The molecule has 0 heterocycles. The number of carbonyl (C=O) groups excluding carboxylic acids is 4. The van der Waals surface area contributed by atoms with Gasteiger partial charge in [-0.05, 0) is 57.9 Å². The molecule has 4 amide bonds. The van der Waals surface area contributed by atoms with Crippen LogP contribution in [0, 0.1) is 17.2 Å². The fourth-order valence-corrected chi connectivity index (χ4v) is 4.69. The molecule has 1 aliphatic rings. The van der Waals surface area contributed by atoms with Crippen molar-refractivity contribution in [3.05, 3.63) is 35.4 Å². The highest BCUT2D eigenvalue weighted by molar-refractivity contribution is 6.02. The van der Waals surface area contributed by atoms with E-state index in [4.69, 9.17) is 15.9 Å². The lowest BCUT2D eigenvalue weighted by Crippen LogP contribution is -2.54. The Bertz CT molecular complexity index is 1040. The minimum Gasteiger partial charge on any atom is -0.444 e. The van der Waals surface area contributed by atoms with E-state index in [1.165, 1.54) is 4.90 Å². The van der Waals surface area contributed by atoms with Crippen LogP contribution in [-0.4, -0.2) is 73.4 Å². The smallest absolute Gasteiger partial charge is 0.407 e. The number of benzene rings is 1. The van der Waals surface area contributed by atoms with Crippen molar-refractivity contribution in [2.24, 2.45) is 17.6 Å². The van der Waals surface area contributed by atoms with Gasteiger partial charge in [0, 0.05) is 32.7 Å². The number of rotatable bonds is 12. The molecule has 1 saturated carbocycles. The Balaban J connectivity index is 0.00000840. The van der Waals surface area contributed by atoms with E-state index in [-0.39, 0.29) is 42.4 Å². The molecule has 0 radical (unpaired) electrons. The van der Waals surface area contributed by atoms with Crippen LogP contribution in [0.1, 0.15) is 70.4 Å². The number of nitrogens with zero attached hydrogens (tertiary/aromatic N) is 1. The SMILES string of the molecule is CN(C)C(=O)C(Cc1ccc(C(=N)N)cc1)C(=O)N[C@H](C(=O)NCCCNC(=O)OC(C)(C)C)C1CCCCC1.Cl. The summed E-state index contributed by atoms with van der Waals surface area (Å²) in [6.45, 7) is 6.00. The summed E-state index contributed by atoms with van der Waals surface area (Å²) < 4.78 is 5.21. The Hall–Kier alpha value is -3.34. The van der Waals surface area contributed by atoms with Gasteiger partial charge in [-0.15, -0.1) is 12.4 Å². The van der Waals surface area contributed by atoms with E-state index in [9.17, 15) is 19.2 Å². The van der Waals surface area contributed by atoms with Crippen LogP contribution in [0.3, 0.4) is 0 Å². The molecule has 6 N–H and O–H groups in total. The van der Waals surface area contributed by atoms with Gasteiger partial charge in [-0.1, -0.05) is 43.5 Å². The lowest BCUT2D eigenvalue weighted by Gasteiger charge is -2.31. The number of nitrogens with one attached hydrogen (secondary N) is 4. The molecular formula is C29H47ClN6O5. The Labute approximate surface area is 249 Å². The Morgan fingerprint density at radius 1 is 1.00 bits per heavy atom. The minimum atomic E-state index is -1.02. The van der Waals surface area contributed by atoms with Crippen molar-refractivity contribution in [1.82, 2.24) is 20.9 Å². The molecule has 41 heavy (non-hydrogen) atoms. The van der Waals surface area contributed by atoms with Crippen LogP contribution in [0.4, 0.5) is 4.79 Å². The highest BCUT2D eigenvalue weighted by atomic mass is 35.5. The molecule has 230 valence electrons. The maximum Gasteiger partial charge on any atom is 0.407 e. The van der Waals surface area contributed by atoms with E-state index in [2.05, 4.69) is 16.0 Å². The van der Waals surface area contributed by atoms with Crippen molar-refractivity contribution in [2.45, 2.75) is 77.4 Å². The number of halogens is 1. The van der Waals surface area contributed by atoms with Crippen molar-refractivity contribution in [2.75, 3.05) is 27.2 Å². The molecule has 1 aliphatic carbocycles. The fourth-order valence-electron chi connectivity index (χ4n) is 4.69. The highest BCUT2D eigenvalue weighted by Crippen LogP contribution is 2.27. The van der Waals surface area contributed by atoms with E-state index in [0.717, 1.165) is 37.7 Å². The molecule has 12 heteroatoms. The first-order chi connectivity index (χ1) is 18.8. The summed E-state index contributed by atoms with van der Waals surface area (Å²) in [5.74, 6) is -2.25. The van der Waals surface area contributed by atoms with Gasteiger partial charge in [-0.3, -0.25) is 19.8 Å². The zero-order valence-corrected chi connectivity index (χ0v) is 25.7. The highest BCUT2D eigenvalue weighted by Gasteiger charge is 2.35. The molecule has 2 rings (SSSR count). The summed E-state index contributed by atoms with van der Waals surface area (Å²) in [6.07, 6.45) is 4.81. The van der Waals surface area contributed by atoms with Gasteiger partial charge >= 0.3 is 6.09 Å². The van der Waals surface area contributed by atoms with Crippen LogP contribution in [-0.2, 0) is 25.5 Å². The van der Waals surface area contributed by atoms with E-state index >= 15 is 0 Å². The first-order valence-corrected chi connectivity index (χ1v) is 14.0. The number of nitrogen functional groups attached to an aromatic ring is 1. The van der Waals surface area contributed by atoms with Crippen molar-refractivity contribution in [3.63, 3.8) is 0 Å². The summed E-state index contributed by atoms with van der Waals surface area (Å²) in [5.41, 5.74) is 6.25. The second-order valence-electron chi connectivity index (χ2n) is 11.6. The van der Waals surface area contributed by atoms with Gasteiger partial charge in [0.2, 0.25) is 17.7 Å². The maximum atomic E-state index is 13.5. The summed E-state index contributed by atoms with van der Waals surface area (Å²) in [7, 11) is 3.19. The number of hydrogen-bond donors (Lipinski definition) is 5. The second kappa shape index (κ2) is 16.8. The molecule has 1 aromatic carbocycles. The van der Waals surface area contributed by atoms with E-state index < -0.39 is 29.6 Å². The van der Waals surface area contributed by atoms with Crippen LogP contribution in [0.15, 0.2) is 24.3 Å². The predicted octanol–water partition coefficient (Wildman–Crippen LogP) is 2.74. The zero-order chi connectivity index (χ0) is 29.9. The Morgan fingerprint density at radius 3 is 2.12 bits per heavy atom. The number of carbonyl (C=O) groups is 4. The molecule has 0 bridgehead atoms. The third-order valence-electron chi connectivity index (χ3n) is 6.78. The fraction of sp³-hybridized carbons (Fsp3) is 0.621. The normalized spacial score (nSPS) is 15.0. The van der Waals surface area contributed by atoms with Crippen LogP contribution in [0.2, 0.25) is 0 Å². The van der Waals surface area contributed by atoms with E-state index in [1.807, 2.05) is 0 Å². The second-order valence-corrected chi connectivity index (χ2v) is 11.6. The van der Waals surface area contributed by atoms with Crippen LogP contribution >= 0.6 is 12.4 Å². The molecule has 11 nitrogen and oxygen atoms in total. The average Bonchev–Trinajstić information content (AvgIpc) is 2.89. The third-order valence-corrected chi connectivity index (χ3v) is 6.78. The summed E-state index contributed by atoms with van der Waals surface area (Å²) in [6, 6.07) is 6.10. The molecule has 1 aromatic rings. The molecule has 0 aliphatic heterocycles.